The third kappa shape index (κ3) is 2.03. The molecular weight excluding hydrogens is 266 g/mol. The van der Waals surface area contributed by atoms with Gasteiger partial charge >= 0.3 is 0 Å². The fourth-order valence-electron chi connectivity index (χ4n) is 3.30. The molecule has 0 saturated heterocycles. The van der Waals surface area contributed by atoms with E-state index in [-0.39, 0.29) is 0 Å². The normalized spacial score (nSPS) is 12.0. The first-order chi connectivity index (χ1) is 10.7. The molecule has 0 saturated carbocycles. The lowest BCUT2D eigenvalue weighted by molar-refractivity contribution is 1.46. The second-order valence-electron chi connectivity index (χ2n) is 5.83. The van der Waals surface area contributed by atoms with Gasteiger partial charge in [-0.15, -0.1) is 0 Å². The summed E-state index contributed by atoms with van der Waals surface area (Å²) in [6.07, 6.45) is 2.24. The second kappa shape index (κ2) is 4.88. The SMILES string of the molecule is Cc1cc(N)cc(C=C2c3ccccc3-c3ccccc32)c1. The molecule has 0 heterocycles. The smallest absolute Gasteiger partial charge is 0.0322 e. The number of anilines is 1. The lowest BCUT2D eigenvalue weighted by Crippen LogP contribution is -1.88. The van der Waals surface area contributed by atoms with Crippen LogP contribution in [0, 0.1) is 6.92 Å². The minimum absolute atomic E-state index is 0.811. The number of aryl methyl sites for hydroxylation is 1. The van der Waals surface area contributed by atoms with E-state index < -0.39 is 0 Å². The molecule has 0 amide bonds. The molecule has 0 unspecified atom stereocenters. The Bertz CT molecular complexity index is 836. The molecule has 1 nitrogen and oxygen atoms in total. The summed E-state index contributed by atoms with van der Waals surface area (Å²) in [5, 5.41) is 0. The molecule has 1 aliphatic carbocycles. The molecule has 4 rings (SSSR count). The number of hydrogen-bond acceptors (Lipinski definition) is 1. The van der Waals surface area contributed by atoms with E-state index in [1.165, 1.54) is 33.4 Å². The van der Waals surface area contributed by atoms with Crippen LogP contribution in [0.3, 0.4) is 0 Å². The highest BCUT2D eigenvalue weighted by atomic mass is 14.5. The van der Waals surface area contributed by atoms with Gasteiger partial charge in [0.2, 0.25) is 0 Å². The first-order valence-corrected chi connectivity index (χ1v) is 7.50. The van der Waals surface area contributed by atoms with Crippen molar-refractivity contribution in [2.24, 2.45) is 0 Å². The van der Waals surface area contributed by atoms with Gasteiger partial charge in [-0.05, 0) is 64.1 Å². The van der Waals surface area contributed by atoms with Gasteiger partial charge in [0.25, 0.3) is 0 Å². The van der Waals surface area contributed by atoms with Crippen molar-refractivity contribution in [3.05, 3.63) is 89.0 Å². The highest BCUT2D eigenvalue weighted by molar-refractivity contribution is 6.06. The van der Waals surface area contributed by atoms with Crippen LogP contribution in [0.1, 0.15) is 22.3 Å². The number of fused-ring (bicyclic) bond motifs is 3. The van der Waals surface area contributed by atoms with Crippen LogP contribution < -0.4 is 5.73 Å². The number of nitrogen functional groups attached to an aromatic ring is 1. The zero-order valence-corrected chi connectivity index (χ0v) is 12.5. The Morgan fingerprint density at radius 3 is 1.82 bits per heavy atom. The lowest BCUT2D eigenvalue weighted by Gasteiger charge is -2.05. The van der Waals surface area contributed by atoms with Crippen molar-refractivity contribution in [2.75, 3.05) is 5.73 Å². The van der Waals surface area contributed by atoms with Crippen LogP contribution in [0.2, 0.25) is 0 Å². The number of benzene rings is 3. The van der Waals surface area contributed by atoms with Gasteiger partial charge < -0.3 is 5.73 Å². The summed E-state index contributed by atoms with van der Waals surface area (Å²) in [6.45, 7) is 2.08. The summed E-state index contributed by atoms with van der Waals surface area (Å²) >= 11 is 0. The van der Waals surface area contributed by atoms with E-state index in [1.54, 1.807) is 0 Å². The molecule has 22 heavy (non-hydrogen) atoms. The van der Waals surface area contributed by atoms with Crippen molar-refractivity contribution in [1.29, 1.82) is 0 Å². The minimum atomic E-state index is 0.811. The molecule has 0 atom stereocenters. The van der Waals surface area contributed by atoms with E-state index in [0.29, 0.717) is 0 Å². The van der Waals surface area contributed by atoms with Gasteiger partial charge in [0.1, 0.15) is 0 Å². The molecule has 0 aliphatic heterocycles. The molecule has 0 fully saturated rings. The quantitative estimate of drug-likeness (QED) is 0.480. The summed E-state index contributed by atoms with van der Waals surface area (Å²) < 4.78 is 0. The van der Waals surface area contributed by atoms with Gasteiger partial charge in [0.05, 0.1) is 0 Å². The first-order valence-electron chi connectivity index (χ1n) is 7.50. The topological polar surface area (TPSA) is 26.0 Å². The van der Waals surface area contributed by atoms with Crippen LogP contribution in [-0.4, -0.2) is 0 Å². The van der Waals surface area contributed by atoms with Crippen LogP contribution >= 0.6 is 0 Å². The summed E-state index contributed by atoms with van der Waals surface area (Å²) in [5.74, 6) is 0. The van der Waals surface area contributed by atoms with Gasteiger partial charge in [-0.1, -0.05) is 54.6 Å². The third-order valence-corrected chi connectivity index (χ3v) is 4.16. The molecule has 0 radical (unpaired) electrons. The highest BCUT2D eigenvalue weighted by Crippen LogP contribution is 2.44. The number of nitrogens with two attached hydrogens (primary N) is 1. The molecule has 1 heteroatoms. The predicted octanol–water partition coefficient (Wildman–Crippen LogP) is 5.15. The van der Waals surface area contributed by atoms with E-state index in [1.807, 2.05) is 12.1 Å². The summed E-state index contributed by atoms with van der Waals surface area (Å²) in [5.41, 5.74) is 15.6. The van der Waals surface area contributed by atoms with Gasteiger partial charge in [-0.2, -0.15) is 0 Å². The average molecular weight is 283 g/mol. The van der Waals surface area contributed by atoms with Crippen molar-refractivity contribution < 1.29 is 0 Å². The summed E-state index contributed by atoms with van der Waals surface area (Å²) in [7, 11) is 0. The van der Waals surface area contributed by atoms with Crippen molar-refractivity contribution in [3.8, 4) is 11.1 Å². The third-order valence-electron chi connectivity index (χ3n) is 4.16. The summed E-state index contributed by atoms with van der Waals surface area (Å²) in [4.78, 5) is 0. The summed E-state index contributed by atoms with van der Waals surface area (Å²) in [6, 6.07) is 23.4. The van der Waals surface area contributed by atoms with Gasteiger partial charge in [0, 0.05) is 5.69 Å². The molecule has 0 bridgehead atoms. The van der Waals surface area contributed by atoms with Crippen LogP contribution in [0.25, 0.3) is 22.8 Å². The molecule has 106 valence electrons. The minimum Gasteiger partial charge on any atom is -0.399 e. The van der Waals surface area contributed by atoms with E-state index >= 15 is 0 Å². The molecule has 1 aliphatic rings. The van der Waals surface area contributed by atoms with Gasteiger partial charge in [0.15, 0.2) is 0 Å². The first kappa shape index (κ1) is 12.9. The van der Waals surface area contributed by atoms with Crippen LogP contribution in [0.4, 0.5) is 5.69 Å². The van der Waals surface area contributed by atoms with Crippen molar-refractivity contribution >= 4 is 17.3 Å². The van der Waals surface area contributed by atoms with E-state index in [4.69, 9.17) is 5.73 Å². The predicted molar refractivity (Wildman–Crippen MR) is 94.4 cm³/mol. The van der Waals surface area contributed by atoms with Crippen molar-refractivity contribution in [3.63, 3.8) is 0 Å². The number of hydrogen-bond donors (Lipinski definition) is 1. The van der Waals surface area contributed by atoms with Gasteiger partial charge in [-0.25, -0.2) is 0 Å². The lowest BCUT2D eigenvalue weighted by atomic mass is 10.00. The fourth-order valence-corrected chi connectivity index (χ4v) is 3.30. The maximum Gasteiger partial charge on any atom is 0.0322 e. The zero-order chi connectivity index (χ0) is 15.1. The Hall–Kier alpha value is -2.80. The zero-order valence-electron chi connectivity index (χ0n) is 12.5. The molecular formula is C21H17N. The van der Waals surface area contributed by atoms with Crippen LogP contribution in [0.15, 0.2) is 66.7 Å². The molecule has 3 aromatic rings. The fraction of sp³-hybridized carbons (Fsp3) is 0.0476. The Morgan fingerprint density at radius 1 is 0.727 bits per heavy atom. The van der Waals surface area contributed by atoms with E-state index in [9.17, 15) is 0 Å². The monoisotopic (exact) mass is 283 g/mol. The van der Waals surface area contributed by atoms with Crippen LogP contribution in [-0.2, 0) is 0 Å². The molecule has 0 spiro atoms. The number of rotatable bonds is 1. The van der Waals surface area contributed by atoms with Crippen molar-refractivity contribution in [1.82, 2.24) is 0 Å². The van der Waals surface area contributed by atoms with Crippen molar-refractivity contribution in [2.45, 2.75) is 6.92 Å². The maximum atomic E-state index is 5.99. The Morgan fingerprint density at radius 2 is 1.27 bits per heavy atom. The standard InChI is InChI=1S/C21H17N/c1-14-10-15(12-16(22)11-14)13-21-19-8-4-2-6-17(19)18-7-3-5-9-20(18)21/h2-13H,22H2,1H3. The largest absolute Gasteiger partial charge is 0.399 e. The molecule has 3 aromatic carbocycles. The maximum absolute atomic E-state index is 5.99. The average Bonchev–Trinajstić information content (AvgIpc) is 2.81. The second-order valence-corrected chi connectivity index (χ2v) is 5.83. The van der Waals surface area contributed by atoms with E-state index in [0.717, 1.165) is 11.3 Å². The van der Waals surface area contributed by atoms with Gasteiger partial charge in [-0.3, -0.25) is 0 Å². The molecule has 2 N–H and O–H groups in total. The molecule has 0 aromatic heterocycles. The highest BCUT2D eigenvalue weighted by Gasteiger charge is 2.22. The Kier molecular flexibility index (Phi) is 2.87. The Balaban J connectivity index is 1.96. The Labute approximate surface area is 130 Å². The van der Waals surface area contributed by atoms with Crippen LogP contribution in [0.5, 0.6) is 0 Å². The van der Waals surface area contributed by atoms with E-state index in [2.05, 4.69) is 67.6 Å².